The minimum atomic E-state index is -1.16. The number of ether oxygens (including phenoxy) is 2. The Kier molecular flexibility index (Phi) is 12.7. The Morgan fingerprint density at radius 2 is 1.12 bits per heavy atom. The third-order valence-electron chi connectivity index (χ3n) is 13.0. The Labute approximate surface area is 421 Å². The van der Waals surface area contributed by atoms with Gasteiger partial charge in [0.25, 0.3) is 0 Å². The molecule has 4 heterocycles. The molecule has 4 aromatic heterocycles. The van der Waals surface area contributed by atoms with Crippen LogP contribution in [0.2, 0.25) is 20.1 Å². The van der Waals surface area contributed by atoms with Gasteiger partial charge < -0.3 is 23.6 Å². The topological polar surface area (TPSA) is 138 Å². The van der Waals surface area contributed by atoms with E-state index in [1.54, 1.807) is 42.5 Å². The van der Waals surface area contributed by atoms with Gasteiger partial charge in [0.15, 0.2) is 11.5 Å². The fourth-order valence-electron chi connectivity index (χ4n) is 8.84. The number of hydrogen-bond acceptors (Lipinski definition) is 11. The number of nitrogens with zero attached hydrogens (tertiary/aromatic N) is 5. The fraction of sp³-hybridized carbons (Fsp3) is 0.320. The summed E-state index contributed by atoms with van der Waals surface area (Å²) in [6, 6.07) is 16.1. The minimum Gasteiger partial charge on any atom is -0.478 e. The monoisotopic (exact) mass is 1050 g/mol. The van der Waals surface area contributed by atoms with Crippen molar-refractivity contribution in [2.24, 2.45) is 0 Å². The van der Waals surface area contributed by atoms with Crippen molar-refractivity contribution in [3.63, 3.8) is 0 Å². The highest BCUT2D eigenvalue weighted by Crippen LogP contribution is 2.50. The van der Waals surface area contributed by atoms with Gasteiger partial charge in [0.05, 0.1) is 72.4 Å². The Bertz CT molecular complexity index is 3310. The molecule has 69 heavy (non-hydrogen) atoms. The average molecular weight is 1050 g/mol. The molecule has 0 saturated heterocycles. The lowest BCUT2D eigenvalue weighted by Crippen LogP contribution is -2.29. The van der Waals surface area contributed by atoms with Gasteiger partial charge >= 0.3 is 5.97 Å². The Morgan fingerprint density at radius 3 is 1.54 bits per heavy atom. The number of aromatic carboxylic acids is 1. The second-order valence-corrected chi connectivity index (χ2v) is 21.5. The third-order valence-corrected chi connectivity index (χ3v) is 16.6. The first kappa shape index (κ1) is 46.4. The van der Waals surface area contributed by atoms with Gasteiger partial charge in [0.1, 0.15) is 39.8 Å². The van der Waals surface area contributed by atoms with Gasteiger partial charge in [-0.15, -0.1) is 22.7 Å². The normalized spacial score (nSPS) is 19.8. The number of carboxylic acid groups (broad SMARTS) is 1. The summed E-state index contributed by atoms with van der Waals surface area (Å²) >= 11 is 28.5. The molecule has 352 valence electrons. The number of thiazole rings is 2. The first-order valence-corrected chi connectivity index (χ1v) is 25.4. The summed E-state index contributed by atoms with van der Waals surface area (Å²) in [5, 5.41) is 21.5. The van der Waals surface area contributed by atoms with Gasteiger partial charge in [0, 0.05) is 50.6 Å². The maximum Gasteiger partial charge on any atom is 0.335 e. The summed E-state index contributed by atoms with van der Waals surface area (Å²) in [7, 11) is 0. The van der Waals surface area contributed by atoms with Crippen LogP contribution in [0.25, 0.3) is 47.8 Å². The van der Waals surface area contributed by atoms with E-state index in [9.17, 15) is 13.6 Å². The molecule has 4 fully saturated rings. The molecular weight excluding hydrogens is 1010 g/mol. The zero-order valence-corrected chi connectivity index (χ0v) is 40.8. The molecule has 1 N–H and O–H groups in total. The zero-order valence-electron chi connectivity index (χ0n) is 36.1. The molecule has 19 heteroatoms. The van der Waals surface area contributed by atoms with E-state index >= 15 is 0 Å². The molecule has 4 saturated carbocycles. The van der Waals surface area contributed by atoms with Gasteiger partial charge in [-0.2, -0.15) is 0 Å². The second-order valence-electron chi connectivity index (χ2n) is 17.8. The van der Waals surface area contributed by atoms with Crippen molar-refractivity contribution in [1.82, 2.24) is 20.3 Å². The van der Waals surface area contributed by atoms with Crippen LogP contribution in [0, 0.1) is 18.2 Å². The van der Waals surface area contributed by atoms with Crippen molar-refractivity contribution in [2.45, 2.75) is 100 Å². The molecule has 4 aliphatic carbocycles. The highest BCUT2D eigenvalue weighted by Gasteiger charge is 2.39. The van der Waals surface area contributed by atoms with E-state index in [4.69, 9.17) is 76.6 Å². The molecule has 4 aliphatic rings. The van der Waals surface area contributed by atoms with Crippen molar-refractivity contribution in [2.75, 3.05) is 0 Å². The van der Waals surface area contributed by atoms with Crippen LogP contribution in [0.4, 0.5) is 14.5 Å². The van der Waals surface area contributed by atoms with Gasteiger partial charge in [-0.3, -0.25) is 0 Å². The van der Waals surface area contributed by atoms with Crippen LogP contribution in [0.5, 0.6) is 0 Å². The van der Waals surface area contributed by atoms with Crippen molar-refractivity contribution >= 4 is 101 Å². The van der Waals surface area contributed by atoms with E-state index in [1.165, 1.54) is 34.8 Å². The van der Waals surface area contributed by atoms with Crippen molar-refractivity contribution < 1.29 is 37.2 Å². The van der Waals surface area contributed by atoms with Gasteiger partial charge in [-0.25, -0.2) is 28.4 Å². The lowest BCUT2D eigenvalue weighted by Gasteiger charge is -2.33. The maximum atomic E-state index is 14.3. The summed E-state index contributed by atoms with van der Waals surface area (Å²) in [6.45, 7) is 7.83. The Hall–Kier alpha value is -5.02. The molecule has 8 aromatic rings. The lowest BCUT2D eigenvalue weighted by molar-refractivity contribution is -0.0211. The van der Waals surface area contributed by atoms with Crippen molar-refractivity contribution in [3.05, 3.63) is 142 Å². The summed E-state index contributed by atoms with van der Waals surface area (Å²) in [5.74, 6) is 0.571. The minimum absolute atomic E-state index is 0.0166. The summed E-state index contributed by atoms with van der Waals surface area (Å²) in [4.78, 5) is 23.5. The van der Waals surface area contributed by atoms with Crippen LogP contribution >= 0.6 is 69.1 Å². The van der Waals surface area contributed by atoms with Crippen LogP contribution in [0.3, 0.4) is 0 Å². The molecule has 0 radical (unpaired) electrons. The number of halogens is 6. The van der Waals surface area contributed by atoms with Crippen LogP contribution in [0.1, 0.15) is 118 Å². The smallest absolute Gasteiger partial charge is 0.335 e. The SMILES string of the molecule is O=C(O)c1cc(F)c2nc(C3CC(OCc4c(-c5c(Cl)cccc5Cl)noc4C4CC4)C3)sc2c1.[C-]#[N+]c1cc(F)c2nc(C3CC(OCc4c(-c5c(Cl)cccc5Cl)noc4C4CC4)C3)sc2c1. The van der Waals surface area contributed by atoms with Gasteiger partial charge in [0.2, 0.25) is 0 Å². The predicted octanol–water partition coefficient (Wildman–Crippen LogP) is 15.7. The zero-order chi connectivity index (χ0) is 47.7. The molecule has 0 atom stereocenters. The summed E-state index contributed by atoms with van der Waals surface area (Å²) in [5.41, 5.74) is 5.16. The van der Waals surface area contributed by atoms with Crippen LogP contribution in [-0.4, -0.2) is 43.6 Å². The molecule has 0 bridgehead atoms. The van der Waals surface area contributed by atoms with E-state index in [-0.39, 0.29) is 35.1 Å². The quantitative estimate of drug-likeness (QED) is 0.111. The molecule has 12 rings (SSSR count). The third kappa shape index (κ3) is 9.27. The van der Waals surface area contributed by atoms with Crippen molar-refractivity contribution in [1.29, 1.82) is 0 Å². The average Bonchev–Trinajstić information content (AvgIpc) is 4.14. The van der Waals surface area contributed by atoms with Crippen LogP contribution < -0.4 is 0 Å². The molecule has 4 aromatic carbocycles. The molecule has 0 spiro atoms. The Morgan fingerprint density at radius 1 is 0.681 bits per heavy atom. The second kappa shape index (κ2) is 19.0. The van der Waals surface area contributed by atoms with Crippen LogP contribution in [0.15, 0.2) is 69.7 Å². The number of fused-ring (bicyclic) bond motifs is 2. The number of carbonyl (C=O) groups is 1. The van der Waals surface area contributed by atoms with Gasteiger partial charge in [-0.1, -0.05) is 68.8 Å². The number of hydrogen-bond donors (Lipinski definition) is 1. The lowest BCUT2D eigenvalue weighted by atomic mass is 9.83. The van der Waals surface area contributed by atoms with Gasteiger partial charge in [-0.05, 0) is 99.9 Å². The van der Waals surface area contributed by atoms with E-state index < -0.39 is 17.6 Å². The standard InChI is InChI=1S/C25H18Cl2FN3O2S.C25H19Cl2FN2O4S/c1-29-14-9-19(28)23-20(10-14)34-25(30-23)13-7-15(8-13)32-11-16-22(31-33-24(16)12-5-6-12)21-17(26)3-2-4-18(21)27;26-16-2-1-3-17(27)20(16)21-15(23(34-30-21)11-4-5-11)10-33-14-6-12(7-14)24-29-22-18(28)8-13(25(31)32)9-19(22)35-24/h2-4,9-10,12-13,15H,5-8,11H2;1-3,8-9,11-12,14H,4-7,10H2,(H,31,32). The maximum absolute atomic E-state index is 14.3. The number of aromatic nitrogens is 4. The molecule has 11 nitrogen and oxygen atoms in total. The van der Waals surface area contributed by atoms with E-state index in [2.05, 4.69) is 25.1 Å². The fourth-order valence-corrected chi connectivity index (χ4v) is 12.3. The molecule has 0 aliphatic heterocycles. The highest BCUT2D eigenvalue weighted by atomic mass is 35.5. The van der Waals surface area contributed by atoms with E-state index in [0.717, 1.165) is 90.1 Å². The molecular formula is C50H37Cl4F2N5O6S2. The number of rotatable bonds is 13. The molecule has 0 unspecified atom stereocenters. The van der Waals surface area contributed by atoms with Crippen molar-refractivity contribution in [3.8, 4) is 22.5 Å². The number of carboxylic acids is 1. The first-order chi connectivity index (χ1) is 33.4. The number of benzene rings is 4. The van der Waals surface area contributed by atoms with Crippen LogP contribution in [-0.2, 0) is 22.7 Å². The summed E-state index contributed by atoms with van der Waals surface area (Å²) < 4.78 is 53.7. The Balaban J connectivity index is 0.000000151. The van der Waals surface area contributed by atoms with E-state index in [1.807, 2.05) is 0 Å². The largest absolute Gasteiger partial charge is 0.478 e. The predicted molar refractivity (Wildman–Crippen MR) is 261 cm³/mol. The van der Waals surface area contributed by atoms with E-state index in [0.29, 0.717) is 88.3 Å². The first-order valence-electron chi connectivity index (χ1n) is 22.3. The highest BCUT2D eigenvalue weighted by molar-refractivity contribution is 7.19. The molecule has 0 amide bonds. The summed E-state index contributed by atoms with van der Waals surface area (Å²) in [6.07, 6.45) is 7.47.